The molecule has 1 unspecified atom stereocenters. The van der Waals surface area contributed by atoms with Crippen LogP contribution in [0.4, 0.5) is 0 Å². The van der Waals surface area contributed by atoms with Gasteiger partial charge >= 0.3 is 0 Å². The third-order valence-corrected chi connectivity index (χ3v) is 2.20. The zero-order valence-corrected chi connectivity index (χ0v) is 9.89. The van der Waals surface area contributed by atoms with Crippen molar-refractivity contribution < 1.29 is 4.79 Å². The molecule has 0 aromatic carbocycles. The number of hydrogen-bond acceptors (Lipinski definition) is 2. The largest absolute Gasteiger partial charge is 0.353 e. The molecule has 0 aromatic heterocycles. The van der Waals surface area contributed by atoms with Gasteiger partial charge in [0.05, 0.1) is 6.54 Å². The average molecular weight is 200 g/mol. The maximum Gasteiger partial charge on any atom is 0.234 e. The summed E-state index contributed by atoms with van der Waals surface area (Å²) in [5.41, 5.74) is 0. The van der Waals surface area contributed by atoms with Gasteiger partial charge in [0.15, 0.2) is 0 Å². The first-order valence-electron chi connectivity index (χ1n) is 5.56. The van der Waals surface area contributed by atoms with Crippen LogP contribution in [0.15, 0.2) is 0 Å². The Kier molecular flexibility index (Phi) is 7.48. The van der Waals surface area contributed by atoms with Crippen LogP contribution >= 0.6 is 0 Å². The summed E-state index contributed by atoms with van der Waals surface area (Å²) in [5, 5.41) is 6.05. The molecule has 0 rings (SSSR count). The molecule has 0 aliphatic heterocycles. The second-order valence-corrected chi connectivity index (χ2v) is 4.24. The molecule has 3 nitrogen and oxygen atoms in total. The molecule has 3 heteroatoms. The van der Waals surface area contributed by atoms with Crippen LogP contribution in [0.1, 0.15) is 40.5 Å². The fraction of sp³-hybridized carbons (Fsp3) is 0.909. The Morgan fingerprint density at radius 2 is 1.93 bits per heavy atom. The first-order chi connectivity index (χ1) is 6.56. The summed E-state index contributed by atoms with van der Waals surface area (Å²) < 4.78 is 0. The minimum absolute atomic E-state index is 0.100. The van der Waals surface area contributed by atoms with E-state index >= 15 is 0 Å². The van der Waals surface area contributed by atoms with Gasteiger partial charge in [0, 0.05) is 6.04 Å². The summed E-state index contributed by atoms with van der Waals surface area (Å²) in [7, 11) is 0. The van der Waals surface area contributed by atoms with Gasteiger partial charge in [0.1, 0.15) is 0 Å². The molecule has 0 aromatic rings. The fourth-order valence-corrected chi connectivity index (χ4v) is 1.02. The minimum Gasteiger partial charge on any atom is -0.353 e. The van der Waals surface area contributed by atoms with Crippen molar-refractivity contribution in [2.45, 2.75) is 46.6 Å². The highest BCUT2D eigenvalue weighted by Gasteiger charge is 2.04. The highest BCUT2D eigenvalue weighted by molar-refractivity contribution is 5.78. The summed E-state index contributed by atoms with van der Waals surface area (Å²) in [6.07, 6.45) is 2.11. The van der Waals surface area contributed by atoms with Crippen LogP contribution in [0.2, 0.25) is 0 Å². The predicted molar refractivity (Wildman–Crippen MR) is 60.2 cm³/mol. The first kappa shape index (κ1) is 13.4. The number of nitrogens with one attached hydrogen (secondary N) is 2. The third-order valence-electron chi connectivity index (χ3n) is 2.20. The molecule has 0 saturated carbocycles. The number of carbonyl (C=O) groups is 1. The van der Waals surface area contributed by atoms with E-state index in [9.17, 15) is 4.79 Å². The lowest BCUT2D eigenvalue weighted by Gasteiger charge is -2.12. The van der Waals surface area contributed by atoms with Crippen LogP contribution in [-0.4, -0.2) is 25.0 Å². The van der Waals surface area contributed by atoms with E-state index < -0.39 is 0 Å². The molecule has 1 atom stereocenters. The molecule has 0 saturated heterocycles. The quantitative estimate of drug-likeness (QED) is 0.612. The first-order valence-corrected chi connectivity index (χ1v) is 5.56. The molecule has 0 aliphatic rings. The van der Waals surface area contributed by atoms with Gasteiger partial charge in [-0.15, -0.1) is 0 Å². The van der Waals surface area contributed by atoms with Crippen molar-refractivity contribution in [3.63, 3.8) is 0 Å². The lowest BCUT2D eigenvalue weighted by Crippen LogP contribution is -2.39. The summed E-state index contributed by atoms with van der Waals surface area (Å²) in [5.74, 6) is 0.795. The number of amides is 1. The molecule has 14 heavy (non-hydrogen) atoms. The van der Waals surface area contributed by atoms with Gasteiger partial charge in [0.2, 0.25) is 5.91 Å². The highest BCUT2D eigenvalue weighted by atomic mass is 16.1. The van der Waals surface area contributed by atoms with Gasteiger partial charge in [-0.25, -0.2) is 0 Å². The molecule has 84 valence electrons. The molecule has 0 spiro atoms. The lowest BCUT2D eigenvalue weighted by molar-refractivity contribution is -0.120. The molecule has 0 heterocycles. The topological polar surface area (TPSA) is 41.1 Å². The summed E-state index contributed by atoms with van der Waals surface area (Å²) in [6.45, 7) is 9.81. The Labute approximate surface area is 87.6 Å². The zero-order valence-electron chi connectivity index (χ0n) is 9.89. The van der Waals surface area contributed by atoms with Crippen molar-refractivity contribution in [3.05, 3.63) is 0 Å². The molecule has 0 fully saturated rings. The molecular formula is C11H24N2O. The van der Waals surface area contributed by atoms with Crippen molar-refractivity contribution in [1.82, 2.24) is 10.6 Å². The monoisotopic (exact) mass is 200 g/mol. The van der Waals surface area contributed by atoms with Crippen LogP contribution in [0.5, 0.6) is 0 Å². The Balaban J connectivity index is 3.36. The van der Waals surface area contributed by atoms with E-state index in [1.807, 2.05) is 6.92 Å². The van der Waals surface area contributed by atoms with Crippen LogP contribution in [-0.2, 0) is 4.79 Å². The lowest BCUT2D eigenvalue weighted by atomic mass is 10.1. The highest BCUT2D eigenvalue weighted by Crippen LogP contribution is 1.95. The maximum absolute atomic E-state index is 11.3. The van der Waals surface area contributed by atoms with E-state index in [0.29, 0.717) is 12.5 Å². The van der Waals surface area contributed by atoms with Crippen molar-refractivity contribution in [3.8, 4) is 0 Å². The molecular weight excluding hydrogens is 176 g/mol. The number of rotatable bonds is 7. The summed E-state index contributed by atoms with van der Waals surface area (Å²) >= 11 is 0. The Bertz CT molecular complexity index is 157. The average Bonchev–Trinajstić information content (AvgIpc) is 2.12. The van der Waals surface area contributed by atoms with E-state index in [1.54, 1.807) is 0 Å². The van der Waals surface area contributed by atoms with Crippen LogP contribution < -0.4 is 10.6 Å². The smallest absolute Gasteiger partial charge is 0.234 e. The Morgan fingerprint density at radius 1 is 1.29 bits per heavy atom. The van der Waals surface area contributed by atoms with Gasteiger partial charge in [-0.05, 0) is 32.2 Å². The van der Waals surface area contributed by atoms with Gasteiger partial charge in [0.25, 0.3) is 0 Å². The third kappa shape index (κ3) is 8.05. The number of carbonyl (C=O) groups excluding carboxylic acids is 1. The fourth-order valence-electron chi connectivity index (χ4n) is 1.02. The van der Waals surface area contributed by atoms with Crippen LogP contribution in [0, 0.1) is 5.92 Å². The van der Waals surface area contributed by atoms with Crippen molar-refractivity contribution in [2.24, 2.45) is 5.92 Å². The maximum atomic E-state index is 11.3. The second-order valence-electron chi connectivity index (χ2n) is 4.24. The van der Waals surface area contributed by atoms with Gasteiger partial charge in [-0.3, -0.25) is 4.79 Å². The van der Waals surface area contributed by atoms with Crippen LogP contribution in [0.3, 0.4) is 0 Å². The van der Waals surface area contributed by atoms with E-state index in [0.717, 1.165) is 19.4 Å². The van der Waals surface area contributed by atoms with Crippen molar-refractivity contribution in [1.29, 1.82) is 0 Å². The van der Waals surface area contributed by atoms with Gasteiger partial charge < -0.3 is 10.6 Å². The zero-order chi connectivity index (χ0) is 11.0. The summed E-state index contributed by atoms with van der Waals surface area (Å²) in [4.78, 5) is 11.3. The minimum atomic E-state index is 0.100. The molecule has 0 aliphatic carbocycles. The van der Waals surface area contributed by atoms with Gasteiger partial charge in [-0.1, -0.05) is 20.8 Å². The van der Waals surface area contributed by atoms with Crippen LogP contribution in [0.25, 0.3) is 0 Å². The normalized spacial score (nSPS) is 12.9. The van der Waals surface area contributed by atoms with E-state index in [1.165, 1.54) is 0 Å². The predicted octanol–water partition coefficient (Wildman–Crippen LogP) is 1.54. The van der Waals surface area contributed by atoms with E-state index in [2.05, 4.69) is 31.4 Å². The summed E-state index contributed by atoms with van der Waals surface area (Å²) in [6, 6.07) is 0.286. The molecule has 1 amide bonds. The number of hydrogen-bond donors (Lipinski definition) is 2. The van der Waals surface area contributed by atoms with E-state index in [-0.39, 0.29) is 11.9 Å². The van der Waals surface area contributed by atoms with E-state index in [4.69, 9.17) is 0 Å². The van der Waals surface area contributed by atoms with Crippen molar-refractivity contribution >= 4 is 5.91 Å². The SMILES string of the molecule is CCC(C)NC(=O)CNCCC(C)C. The molecule has 0 bridgehead atoms. The Hall–Kier alpha value is -0.570. The van der Waals surface area contributed by atoms with Crippen molar-refractivity contribution in [2.75, 3.05) is 13.1 Å². The molecule has 2 N–H and O–H groups in total. The van der Waals surface area contributed by atoms with Gasteiger partial charge in [-0.2, -0.15) is 0 Å². The standard InChI is InChI=1S/C11H24N2O/c1-5-10(4)13-11(14)8-12-7-6-9(2)3/h9-10,12H,5-8H2,1-4H3,(H,13,14). The Morgan fingerprint density at radius 3 is 2.43 bits per heavy atom. The second kappa shape index (κ2) is 7.80. The molecule has 0 radical (unpaired) electrons.